The van der Waals surface area contributed by atoms with Crippen molar-refractivity contribution in [3.05, 3.63) is 23.3 Å². The zero-order valence-electron chi connectivity index (χ0n) is 16.4. The van der Waals surface area contributed by atoms with Gasteiger partial charge in [0.05, 0.1) is 18.3 Å². The number of nitriles is 1. The number of aliphatic hydroxyl groups excluding tert-OH is 2. The summed E-state index contributed by atoms with van der Waals surface area (Å²) >= 11 is 0. The highest BCUT2D eigenvalue weighted by Crippen LogP contribution is 2.66. The molecule has 142 valence electrons. The van der Waals surface area contributed by atoms with Gasteiger partial charge in [-0.25, -0.2) is 0 Å². The largest absolute Gasteiger partial charge is 0.393 e. The Hall–Kier alpha value is -1.11. The van der Waals surface area contributed by atoms with E-state index in [2.05, 4.69) is 39.0 Å². The van der Waals surface area contributed by atoms with Gasteiger partial charge in [0.2, 0.25) is 0 Å². The van der Waals surface area contributed by atoms with E-state index in [4.69, 9.17) is 5.26 Å². The van der Waals surface area contributed by atoms with E-state index >= 15 is 0 Å². The predicted molar refractivity (Wildman–Crippen MR) is 102 cm³/mol. The van der Waals surface area contributed by atoms with E-state index in [0.29, 0.717) is 48.3 Å². The molecule has 1 unspecified atom stereocenters. The maximum atomic E-state index is 10.9. The molecule has 0 bridgehead atoms. The van der Waals surface area contributed by atoms with E-state index in [1.54, 1.807) is 5.57 Å². The summed E-state index contributed by atoms with van der Waals surface area (Å²) in [5.41, 5.74) is 2.88. The Labute approximate surface area is 157 Å². The second-order valence-corrected chi connectivity index (χ2v) is 9.92. The van der Waals surface area contributed by atoms with Crippen molar-refractivity contribution in [3.63, 3.8) is 0 Å². The van der Waals surface area contributed by atoms with Crippen molar-refractivity contribution < 1.29 is 10.2 Å². The molecule has 0 radical (unpaired) electrons. The Morgan fingerprint density at radius 3 is 2.69 bits per heavy atom. The summed E-state index contributed by atoms with van der Waals surface area (Å²) in [5.74, 6) is 2.09. The standard InChI is InChI=1S/C23H33NO2/c1-14(9-11-24)18-6-7-19-17-5-4-15-12-16(25)13-21(26)23(15,3)20(17)8-10-22(18,19)2/h4-5,14,16,18-21,25-26H,6-10,12-13H2,1-3H3/t14?,16-,18-,19+,20+,21+,22-,23+/m1/s1. The third kappa shape index (κ3) is 2.38. The molecule has 4 aliphatic rings. The van der Waals surface area contributed by atoms with Crippen molar-refractivity contribution in [2.45, 2.75) is 77.9 Å². The minimum absolute atomic E-state index is 0.207. The van der Waals surface area contributed by atoms with Crippen molar-refractivity contribution in [3.8, 4) is 6.07 Å². The van der Waals surface area contributed by atoms with E-state index in [9.17, 15) is 10.2 Å². The molecule has 8 atom stereocenters. The Bertz CT molecular complexity index is 689. The first-order valence-electron chi connectivity index (χ1n) is 10.5. The van der Waals surface area contributed by atoms with Gasteiger partial charge in [0.1, 0.15) is 0 Å². The number of allylic oxidation sites excluding steroid dienone is 3. The van der Waals surface area contributed by atoms with Crippen molar-refractivity contribution in [1.82, 2.24) is 0 Å². The van der Waals surface area contributed by atoms with Crippen molar-refractivity contribution >= 4 is 0 Å². The van der Waals surface area contributed by atoms with E-state index in [1.165, 1.54) is 24.8 Å². The van der Waals surface area contributed by atoms with Gasteiger partial charge in [-0.3, -0.25) is 0 Å². The molecule has 0 heterocycles. The molecule has 0 saturated heterocycles. The molecule has 3 fully saturated rings. The smallest absolute Gasteiger partial charge is 0.0661 e. The Balaban J connectivity index is 1.69. The van der Waals surface area contributed by atoms with Gasteiger partial charge in [0, 0.05) is 18.3 Å². The van der Waals surface area contributed by atoms with Crippen LogP contribution in [0.25, 0.3) is 0 Å². The van der Waals surface area contributed by atoms with Crippen molar-refractivity contribution in [1.29, 1.82) is 5.26 Å². The van der Waals surface area contributed by atoms with Crippen LogP contribution in [0.5, 0.6) is 0 Å². The molecule has 0 aromatic carbocycles. The molecule has 3 nitrogen and oxygen atoms in total. The van der Waals surface area contributed by atoms with Crippen LogP contribution in [-0.2, 0) is 0 Å². The molecule has 0 amide bonds. The quantitative estimate of drug-likeness (QED) is 0.773. The van der Waals surface area contributed by atoms with Crippen LogP contribution < -0.4 is 0 Å². The number of fused-ring (bicyclic) bond motifs is 5. The molecule has 0 aromatic rings. The van der Waals surface area contributed by atoms with Gasteiger partial charge < -0.3 is 10.2 Å². The first-order valence-corrected chi connectivity index (χ1v) is 10.5. The number of hydrogen-bond donors (Lipinski definition) is 2. The summed E-state index contributed by atoms with van der Waals surface area (Å²) < 4.78 is 0. The fraction of sp³-hybridized carbons (Fsp3) is 0.783. The maximum Gasteiger partial charge on any atom is 0.0661 e. The summed E-state index contributed by atoms with van der Waals surface area (Å²) in [6, 6.07) is 2.39. The van der Waals surface area contributed by atoms with Crippen molar-refractivity contribution in [2.24, 2.45) is 34.5 Å². The van der Waals surface area contributed by atoms with Gasteiger partial charge in [0.15, 0.2) is 0 Å². The fourth-order valence-corrected chi connectivity index (χ4v) is 7.31. The molecule has 2 N–H and O–H groups in total. The molecule has 3 heteroatoms. The number of nitrogens with zero attached hydrogens (tertiary/aromatic N) is 1. The summed E-state index contributed by atoms with van der Waals surface area (Å²) in [6.45, 7) is 6.96. The molecule has 0 spiro atoms. The fourth-order valence-electron chi connectivity index (χ4n) is 7.31. The third-order valence-electron chi connectivity index (χ3n) is 8.82. The molecular formula is C23H33NO2. The minimum atomic E-state index is -0.453. The highest BCUT2D eigenvalue weighted by molar-refractivity contribution is 5.40. The maximum absolute atomic E-state index is 10.9. The summed E-state index contributed by atoms with van der Waals surface area (Å²) in [7, 11) is 0. The summed E-state index contributed by atoms with van der Waals surface area (Å²) in [6.07, 6.45) is 10.3. The Morgan fingerprint density at radius 1 is 1.19 bits per heavy atom. The second-order valence-electron chi connectivity index (χ2n) is 9.92. The predicted octanol–water partition coefficient (Wildman–Crippen LogP) is 4.37. The number of hydrogen-bond acceptors (Lipinski definition) is 3. The lowest BCUT2D eigenvalue weighted by Gasteiger charge is -2.56. The normalized spacial score (nSPS) is 48.4. The zero-order chi connectivity index (χ0) is 18.7. The molecule has 0 aliphatic heterocycles. The van der Waals surface area contributed by atoms with Gasteiger partial charge in [0.25, 0.3) is 0 Å². The highest BCUT2D eigenvalue weighted by Gasteiger charge is 2.58. The van der Waals surface area contributed by atoms with E-state index in [1.807, 2.05) is 0 Å². The second kappa shape index (κ2) is 6.21. The zero-order valence-corrected chi connectivity index (χ0v) is 16.4. The molecule has 4 aliphatic carbocycles. The van der Waals surface area contributed by atoms with Crippen LogP contribution in [0, 0.1) is 45.8 Å². The topological polar surface area (TPSA) is 64.2 Å². The van der Waals surface area contributed by atoms with E-state index < -0.39 is 12.2 Å². The molecule has 0 aromatic heterocycles. The van der Waals surface area contributed by atoms with Crippen LogP contribution in [0.1, 0.15) is 65.7 Å². The highest BCUT2D eigenvalue weighted by atomic mass is 16.3. The average molecular weight is 356 g/mol. The molecular weight excluding hydrogens is 322 g/mol. The first kappa shape index (κ1) is 18.3. The van der Waals surface area contributed by atoms with Gasteiger partial charge >= 0.3 is 0 Å². The SMILES string of the molecule is CC(CC#N)[C@H]1CC[C@H]2C3=CC=C4C[C@@H](O)C[C@H](O)[C@]4(C)[C@H]3CC[C@]12C. The molecule has 4 rings (SSSR count). The van der Waals surface area contributed by atoms with Gasteiger partial charge in [-0.1, -0.05) is 44.1 Å². The summed E-state index contributed by atoms with van der Waals surface area (Å²) in [5, 5.41) is 30.2. The first-order chi connectivity index (χ1) is 12.3. The van der Waals surface area contributed by atoms with Crippen LogP contribution in [-0.4, -0.2) is 22.4 Å². The van der Waals surface area contributed by atoms with Crippen LogP contribution in [0.2, 0.25) is 0 Å². The Morgan fingerprint density at radius 2 is 1.96 bits per heavy atom. The van der Waals surface area contributed by atoms with Crippen LogP contribution in [0.3, 0.4) is 0 Å². The lowest BCUT2D eigenvalue weighted by Crippen LogP contribution is -2.52. The monoisotopic (exact) mass is 355 g/mol. The van der Waals surface area contributed by atoms with Crippen LogP contribution in [0.4, 0.5) is 0 Å². The summed E-state index contributed by atoms with van der Waals surface area (Å²) in [4.78, 5) is 0. The molecule has 26 heavy (non-hydrogen) atoms. The van der Waals surface area contributed by atoms with Gasteiger partial charge in [-0.2, -0.15) is 5.26 Å². The van der Waals surface area contributed by atoms with E-state index in [-0.39, 0.29) is 5.41 Å². The van der Waals surface area contributed by atoms with Crippen LogP contribution >= 0.6 is 0 Å². The number of rotatable bonds is 2. The van der Waals surface area contributed by atoms with Crippen molar-refractivity contribution in [2.75, 3.05) is 0 Å². The van der Waals surface area contributed by atoms with Crippen LogP contribution in [0.15, 0.2) is 23.3 Å². The van der Waals surface area contributed by atoms with Gasteiger partial charge in [-0.05, 0) is 61.2 Å². The lowest BCUT2D eigenvalue weighted by molar-refractivity contribution is -0.0542. The van der Waals surface area contributed by atoms with Gasteiger partial charge in [-0.15, -0.1) is 0 Å². The average Bonchev–Trinajstić information content (AvgIpc) is 2.94. The lowest BCUT2D eigenvalue weighted by atomic mass is 9.49. The Kier molecular flexibility index (Phi) is 4.36. The molecule has 3 saturated carbocycles. The minimum Gasteiger partial charge on any atom is -0.393 e. The van der Waals surface area contributed by atoms with E-state index in [0.717, 1.165) is 6.42 Å². The number of aliphatic hydroxyl groups is 2. The third-order valence-corrected chi connectivity index (χ3v) is 8.82.